The van der Waals surface area contributed by atoms with E-state index >= 15 is 0 Å². The third kappa shape index (κ3) is 2.76. The van der Waals surface area contributed by atoms with Crippen LogP contribution < -0.4 is 9.47 Å². The molecule has 2 rings (SSSR count). The van der Waals surface area contributed by atoms with Gasteiger partial charge in [0.1, 0.15) is 27.4 Å². The third-order valence-electron chi connectivity index (χ3n) is 3.41. The fourth-order valence-corrected chi connectivity index (χ4v) is 2.95. The molecule has 3 nitrogen and oxygen atoms in total. The molecule has 2 aromatic rings. The van der Waals surface area contributed by atoms with Crippen LogP contribution in [0, 0.1) is 5.82 Å². The molecule has 0 amide bonds. The summed E-state index contributed by atoms with van der Waals surface area (Å²) >= 11 is 3.38. The number of hydrogen-bond donors (Lipinski definition) is 1. The van der Waals surface area contributed by atoms with Crippen molar-refractivity contribution in [3.63, 3.8) is 0 Å². The molecule has 0 bridgehead atoms. The highest BCUT2D eigenvalue weighted by Gasteiger charge is 2.33. The van der Waals surface area contributed by atoms with Gasteiger partial charge < -0.3 is 14.6 Å². The van der Waals surface area contributed by atoms with Gasteiger partial charge in [0.2, 0.25) is 0 Å². The minimum atomic E-state index is -1.54. The molecule has 0 saturated heterocycles. The summed E-state index contributed by atoms with van der Waals surface area (Å²) in [4.78, 5) is 0. The van der Waals surface area contributed by atoms with E-state index in [0.717, 1.165) is 0 Å². The molecule has 2 aromatic carbocycles. The average Bonchev–Trinajstić information content (AvgIpc) is 2.47. The molecule has 0 spiro atoms. The Hall–Kier alpha value is -1.59. The first-order valence-corrected chi connectivity index (χ1v) is 7.11. The predicted octanol–water partition coefficient (Wildman–Crippen LogP) is 3.86. The molecule has 5 heteroatoms. The molecule has 0 aliphatic carbocycles. The van der Waals surface area contributed by atoms with Gasteiger partial charge in [0.15, 0.2) is 0 Å². The van der Waals surface area contributed by atoms with Gasteiger partial charge in [-0.1, -0.05) is 18.2 Å². The molecule has 21 heavy (non-hydrogen) atoms. The fraction of sp³-hybridized carbons (Fsp3) is 0.250. The Bertz CT molecular complexity index is 656. The molecule has 0 fully saturated rings. The van der Waals surface area contributed by atoms with Crippen molar-refractivity contribution < 1.29 is 19.0 Å². The van der Waals surface area contributed by atoms with Gasteiger partial charge in [-0.2, -0.15) is 0 Å². The molecule has 0 aliphatic heterocycles. The van der Waals surface area contributed by atoms with Gasteiger partial charge in [0.25, 0.3) is 0 Å². The zero-order valence-electron chi connectivity index (χ0n) is 12.0. The first kappa shape index (κ1) is 15.8. The van der Waals surface area contributed by atoms with E-state index < -0.39 is 11.4 Å². The lowest BCUT2D eigenvalue weighted by Gasteiger charge is -2.27. The van der Waals surface area contributed by atoms with E-state index in [0.29, 0.717) is 21.5 Å². The van der Waals surface area contributed by atoms with E-state index in [1.807, 2.05) is 0 Å². The van der Waals surface area contributed by atoms with Gasteiger partial charge in [-0.25, -0.2) is 4.39 Å². The highest BCUT2D eigenvalue weighted by molar-refractivity contribution is 9.10. The molecule has 1 atom stereocenters. The lowest BCUT2D eigenvalue weighted by atomic mass is 9.87. The van der Waals surface area contributed by atoms with E-state index in [2.05, 4.69) is 15.9 Å². The van der Waals surface area contributed by atoms with Crippen LogP contribution in [0.4, 0.5) is 4.39 Å². The number of methoxy groups -OCH3 is 2. The topological polar surface area (TPSA) is 38.7 Å². The SMILES string of the molecule is COc1ccc(C(C)(O)c2ccccc2F)c(OC)c1Br. The predicted molar refractivity (Wildman–Crippen MR) is 82.3 cm³/mol. The van der Waals surface area contributed by atoms with Crippen LogP contribution in [-0.4, -0.2) is 19.3 Å². The van der Waals surface area contributed by atoms with Gasteiger partial charge in [-0.15, -0.1) is 0 Å². The monoisotopic (exact) mass is 354 g/mol. The number of benzene rings is 2. The van der Waals surface area contributed by atoms with Crippen LogP contribution in [0.25, 0.3) is 0 Å². The highest BCUT2D eigenvalue weighted by Crippen LogP contribution is 2.44. The molecular weight excluding hydrogens is 339 g/mol. The van der Waals surface area contributed by atoms with Crippen molar-refractivity contribution in [1.82, 2.24) is 0 Å². The first-order valence-electron chi connectivity index (χ1n) is 6.31. The summed E-state index contributed by atoms with van der Waals surface area (Å²) in [6.45, 7) is 1.53. The number of ether oxygens (including phenoxy) is 2. The van der Waals surface area contributed by atoms with Crippen LogP contribution in [0.15, 0.2) is 40.9 Å². The maximum atomic E-state index is 14.0. The van der Waals surface area contributed by atoms with Gasteiger partial charge >= 0.3 is 0 Å². The number of aliphatic hydroxyl groups is 1. The van der Waals surface area contributed by atoms with E-state index in [1.54, 1.807) is 30.3 Å². The average molecular weight is 355 g/mol. The van der Waals surface area contributed by atoms with Crippen molar-refractivity contribution in [2.45, 2.75) is 12.5 Å². The molecule has 0 radical (unpaired) electrons. The summed E-state index contributed by atoms with van der Waals surface area (Å²) in [7, 11) is 3.02. The van der Waals surface area contributed by atoms with Crippen LogP contribution >= 0.6 is 15.9 Å². The summed E-state index contributed by atoms with van der Waals surface area (Å²) < 4.78 is 25.1. The second kappa shape index (κ2) is 6.03. The van der Waals surface area contributed by atoms with Crippen molar-refractivity contribution in [1.29, 1.82) is 0 Å². The minimum Gasteiger partial charge on any atom is -0.495 e. The van der Waals surface area contributed by atoms with Crippen molar-refractivity contribution in [2.75, 3.05) is 14.2 Å². The van der Waals surface area contributed by atoms with Crippen molar-refractivity contribution in [2.24, 2.45) is 0 Å². The van der Waals surface area contributed by atoms with E-state index in [4.69, 9.17) is 9.47 Å². The van der Waals surface area contributed by atoms with Crippen LogP contribution in [0.3, 0.4) is 0 Å². The molecule has 0 aromatic heterocycles. The lowest BCUT2D eigenvalue weighted by Crippen LogP contribution is -2.25. The van der Waals surface area contributed by atoms with Crippen LogP contribution in [-0.2, 0) is 5.60 Å². The summed E-state index contributed by atoms with van der Waals surface area (Å²) in [6, 6.07) is 9.47. The summed E-state index contributed by atoms with van der Waals surface area (Å²) in [5, 5.41) is 10.9. The van der Waals surface area contributed by atoms with Gasteiger partial charge in [-0.3, -0.25) is 0 Å². The molecule has 0 aliphatic rings. The van der Waals surface area contributed by atoms with Gasteiger partial charge in [0, 0.05) is 11.1 Å². The molecule has 1 N–H and O–H groups in total. The third-order valence-corrected chi connectivity index (χ3v) is 4.16. The summed E-state index contributed by atoms with van der Waals surface area (Å²) in [5.74, 6) is 0.499. The number of rotatable bonds is 4. The Kier molecular flexibility index (Phi) is 4.54. The second-order valence-electron chi connectivity index (χ2n) is 4.71. The number of halogens is 2. The molecule has 0 heterocycles. The highest BCUT2D eigenvalue weighted by atomic mass is 79.9. The van der Waals surface area contributed by atoms with Crippen molar-refractivity contribution in [3.8, 4) is 11.5 Å². The Morgan fingerprint density at radius 3 is 2.29 bits per heavy atom. The zero-order chi connectivity index (χ0) is 15.6. The zero-order valence-corrected chi connectivity index (χ0v) is 13.6. The van der Waals surface area contributed by atoms with Crippen LogP contribution in [0.5, 0.6) is 11.5 Å². The van der Waals surface area contributed by atoms with Crippen LogP contribution in [0.1, 0.15) is 18.1 Å². The Balaban J connectivity index is 2.65. The molecule has 112 valence electrons. The first-order chi connectivity index (χ1) is 9.93. The normalized spacial score (nSPS) is 13.6. The van der Waals surface area contributed by atoms with Gasteiger partial charge in [-0.05, 0) is 41.1 Å². The summed E-state index contributed by atoms with van der Waals surface area (Å²) in [5.41, 5.74) is -0.908. The minimum absolute atomic E-state index is 0.181. The molecular formula is C16H16BrFO3. The summed E-state index contributed by atoms with van der Waals surface area (Å²) in [6.07, 6.45) is 0. The van der Waals surface area contributed by atoms with E-state index in [9.17, 15) is 9.50 Å². The maximum absolute atomic E-state index is 14.0. The van der Waals surface area contributed by atoms with Crippen molar-refractivity contribution in [3.05, 3.63) is 57.8 Å². The second-order valence-corrected chi connectivity index (χ2v) is 5.51. The van der Waals surface area contributed by atoms with Crippen LogP contribution in [0.2, 0.25) is 0 Å². The smallest absolute Gasteiger partial charge is 0.143 e. The van der Waals surface area contributed by atoms with E-state index in [1.165, 1.54) is 27.2 Å². The molecule has 0 saturated carbocycles. The number of hydrogen-bond acceptors (Lipinski definition) is 3. The Morgan fingerprint density at radius 2 is 1.71 bits per heavy atom. The molecule has 1 unspecified atom stereocenters. The van der Waals surface area contributed by atoms with Crippen molar-refractivity contribution >= 4 is 15.9 Å². The lowest BCUT2D eigenvalue weighted by molar-refractivity contribution is 0.0945. The maximum Gasteiger partial charge on any atom is 0.143 e. The van der Waals surface area contributed by atoms with E-state index in [-0.39, 0.29) is 5.56 Å². The fourth-order valence-electron chi connectivity index (χ4n) is 2.28. The quantitative estimate of drug-likeness (QED) is 0.905. The Labute approximate surface area is 131 Å². The Morgan fingerprint density at radius 1 is 1.05 bits per heavy atom. The van der Waals surface area contributed by atoms with Gasteiger partial charge in [0.05, 0.1) is 14.2 Å². The largest absolute Gasteiger partial charge is 0.495 e. The standard InChI is InChI=1S/C16H16BrFO3/c1-16(19,10-6-4-5-7-12(10)18)11-8-9-13(20-2)14(17)15(11)21-3/h4-9,19H,1-3H3.